The molecular weight excluding hydrogens is 234 g/mol. The van der Waals surface area contributed by atoms with E-state index in [-0.39, 0.29) is 5.78 Å². The molecule has 0 aliphatic heterocycles. The Morgan fingerprint density at radius 3 is 2.42 bits per heavy atom. The molecule has 19 heavy (non-hydrogen) atoms. The van der Waals surface area contributed by atoms with Gasteiger partial charge in [-0.1, -0.05) is 23.8 Å². The van der Waals surface area contributed by atoms with E-state index < -0.39 is 0 Å². The largest absolute Gasteiger partial charge is 0.289 e. The Hall–Kier alpha value is -2.22. The molecule has 96 valence electrons. The van der Waals surface area contributed by atoms with E-state index in [4.69, 9.17) is 0 Å². The molecule has 0 fully saturated rings. The molecule has 0 N–H and O–H groups in total. The summed E-state index contributed by atoms with van der Waals surface area (Å²) >= 11 is 0. The van der Waals surface area contributed by atoms with Crippen molar-refractivity contribution in [2.45, 2.75) is 20.8 Å². The van der Waals surface area contributed by atoms with Crippen LogP contribution in [0.25, 0.3) is 6.08 Å². The van der Waals surface area contributed by atoms with Crippen molar-refractivity contribution < 1.29 is 4.79 Å². The first-order valence-corrected chi connectivity index (χ1v) is 6.28. The fraction of sp³-hybridized carbons (Fsp3) is 0.176. The maximum absolute atomic E-state index is 12.0. The van der Waals surface area contributed by atoms with Gasteiger partial charge in [0.05, 0.1) is 0 Å². The van der Waals surface area contributed by atoms with Crippen LogP contribution in [-0.4, -0.2) is 10.8 Å². The van der Waals surface area contributed by atoms with Crippen molar-refractivity contribution in [3.8, 4) is 0 Å². The standard InChI is InChI=1S/C17H17NO/c1-12-9-13(2)16(14(3)10-12)6-7-17(19)15-5-4-8-18-11-15/h4-11H,1-3H3/b7-6+. The zero-order chi connectivity index (χ0) is 13.8. The summed E-state index contributed by atoms with van der Waals surface area (Å²) in [5, 5.41) is 0. The fourth-order valence-corrected chi connectivity index (χ4v) is 2.22. The Bertz CT molecular complexity index is 604. The number of aromatic nitrogens is 1. The molecule has 1 heterocycles. The molecule has 0 saturated carbocycles. The number of carbonyl (C=O) groups is 1. The molecule has 2 rings (SSSR count). The average Bonchev–Trinajstić information content (AvgIpc) is 2.38. The molecule has 0 aliphatic rings. The van der Waals surface area contributed by atoms with E-state index >= 15 is 0 Å². The van der Waals surface area contributed by atoms with Crippen molar-refractivity contribution in [1.82, 2.24) is 4.98 Å². The van der Waals surface area contributed by atoms with Gasteiger partial charge in [-0.2, -0.15) is 0 Å². The molecule has 0 radical (unpaired) electrons. The molecule has 0 spiro atoms. The Morgan fingerprint density at radius 1 is 1.16 bits per heavy atom. The van der Waals surface area contributed by atoms with E-state index in [9.17, 15) is 4.79 Å². The average molecular weight is 251 g/mol. The zero-order valence-electron chi connectivity index (χ0n) is 11.5. The Kier molecular flexibility index (Phi) is 3.91. The second-order valence-corrected chi connectivity index (χ2v) is 4.75. The number of nitrogens with zero attached hydrogens (tertiary/aromatic N) is 1. The van der Waals surface area contributed by atoms with Gasteiger partial charge in [-0.05, 0) is 55.7 Å². The van der Waals surface area contributed by atoms with Crippen molar-refractivity contribution in [3.05, 3.63) is 70.6 Å². The predicted molar refractivity (Wildman–Crippen MR) is 78.3 cm³/mol. The molecule has 0 bridgehead atoms. The van der Waals surface area contributed by atoms with E-state index in [2.05, 4.69) is 37.9 Å². The highest BCUT2D eigenvalue weighted by Gasteiger charge is 2.03. The van der Waals surface area contributed by atoms with Crippen LogP contribution in [-0.2, 0) is 0 Å². The molecule has 2 heteroatoms. The maximum atomic E-state index is 12.0. The summed E-state index contributed by atoms with van der Waals surface area (Å²) in [5.74, 6) is -0.0209. The lowest BCUT2D eigenvalue weighted by molar-refractivity contribution is 0.104. The molecule has 0 unspecified atom stereocenters. The van der Waals surface area contributed by atoms with E-state index in [1.165, 1.54) is 16.7 Å². The van der Waals surface area contributed by atoms with Gasteiger partial charge in [-0.25, -0.2) is 0 Å². The number of aryl methyl sites for hydroxylation is 3. The van der Waals surface area contributed by atoms with Gasteiger partial charge in [-0.15, -0.1) is 0 Å². The van der Waals surface area contributed by atoms with Crippen LogP contribution in [0, 0.1) is 20.8 Å². The Labute approximate surface area is 113 Å². The van der Waals surface area contributed by atoms with Gasteiger partial charge >= 0.3 is 0 Å². The monoisotopic (exact) mass is 251 g/mol. The summed E-state index contributed by atoms with van der Waals surface area (Å²) < 4.78 is 0. The maximum Gasteiger partial charge on any atom is 0.187 e. The molecule has 2 aromatic rings. The predicted octanol–water partition coefficient (Wildman–Crippen LogP) is 3.90. The van der Waals surface area contributed by atoms with Gasteiger partial charge in [0.2, 0.25) is 0 Å². The number of ketones is 1. The highest BCUT2D eigenvalue weighted by molar-refractivity contribution is 6.06. The summed E-state index contributed by atoms with van der Waals surface area (Å²) in [6.45, 7) is 6.21. The van der Waals surface area contributed by atoms with Gasteiger partial charge in [-0.3, -0.25) is 9.78 Å². The number of allylic oxidation sites excluding steroid dienone is 1. The quantitative estimate of drug-likeness (QED) is 0.611. The van der Waals surface area contributed by atoms with Crippen molar-refractivity contribution in [2.75, 3.05) is 0 Å². The smallest absolute Gasteiger partial charge is 0.187 e. The van der Waals surface area contributed by atoms with Gasteiger partial charge in [0.25, 0.3) is 0 Å². The van der Waals surface area contributed by atoms with Crippen molar-refractivity contribution in [2.24, 2.45) is 0 Å². The second-order valence-electron chi connectivity index (χ2n) is 4.75. The minimum atomic E-state index is -0.0209. The molecule has 0 aliphatic carbocycles. The summed E-state index contributed by atoms with van der Waals surface area (Å²) in [6, 6.07) is 7.79. The van der Waals surface area contributed by atoms with Crippen LogP contribution in [0.15, 0.2) is 42.7 Å². The first-order valence-electron chi connectivity index (χ1n) is 6.28. The van der Waals surface area contributed by atoms with E-state index in [1.807, 2.05) is 6.08 Å². The molecular formula is C17H17NO. The number of hydrogen-bond donors (Lipinski definition) is 0. The highest BCUT2D eigenvalue weighted by Crippen LogP contribution is 2.18. The molecule has 0 atom stereocenters. The summed E-state index contributed by atoms with van der Waals surface area (Å²) in [7, 11) is 0. The summed E-state index contributed by atoms with van der Waals surface area (Å²) in [6.07, 6.45) is 6.75. The first kappa shape index (κ1) is 13.2. The number of benzene rings is 1. The lowest BCUT2D eigenvalue weighted by Crippen LogP contribution is -1.95. The Balaban J connectivity index is 2.27. The third-order valence-electron chi connectivity index (χ3n) is 3.09. The summed E-state index contributed by atoms with van der Waals surface area (Å²) in [4.78, 5) is 15.9. The van der Waals surface area contributed by atoms with Crippen LogP contribution in [0.2, 0.25) is 0 Å². The SMILES string of the molecule is Cc1cc(C)c(/C=C/C(=O)c2cccnc2)c(C)c1. The minimum Gasteiger partial charge on any atom is -0.289 e. The fourth-order valence-electron chi connectivity index (χ4n) is 2.22. The lowest BCUT2D eigenvalue weighted by atomic mass is 9.99. The van der Waals surface area contributed by atoms with Crippen LogP contribution in [0.3, 0.4) is 0 Å². The van der Waals surface area contributed by atoms with Gasteiger partial charge in [0, 0.05) is 18.0 Å². The normalized spacial score (nSPS) is 10.9. The van der Waals surface area contributed by atoms with Crippen LogP contribution < -0.4 is 0 Å². The first-order chi connectivity index (χ1) is 9.08. The van der Waals surface area contributed by atoms with Crippen molar-refractivity contribution in [1.29, 1.82) is 0 Å². The van der Waals surface area contributed by atoms with Gasteiger partial charge < -0.3 is 0 Å². The topological polar surface area (TPSA) is 30.0 Å². The highest BCUT2D eigenvalue weighted by atomic mass is 16.1. The van der Waals surface area contributed by atoms with Crippen LogP contribution in [0.5, 0.6) is 0 Å². The molecule has 2 nitrogen and oxygen atoms in total. The molecule has 1 aromatic carbocycles. The van der Waals surface area contributed by atoms with Gasteiger partial charge in [0.15, 0.2) is 5.78 Å². The van der Waals surface area contributed by atoms with Gasteiger partial charge in [0.1, 0.15) is 0 Å². The number of carbonyl (C=O) groups excluding carboxylic acids is 1. The third kappa shape index (κ3) is 3.16. The van der Waals surface area contributed by atoms with Crippen LogP contribution in [0.4, 0.5) is 0 Å². The minimum absolute atomic E-state index is 0.0209. The number of hydrogen-bond acceptors (Lipinski definition) is 2. The van der Waals surface area contributed by atoms with Crippen LogP contribution >= 0.6 is 0 Å². The van der Waals surface area contributed by atoms with Crippen molar-refractivity contribution >= 4 is 11.9 Å². The van der Waals surface area contributed by atoms with E-state index in [0.717, 1.165) is 5.56 Å². The summed E-state index contributed by atoms with van der Waals surface area (Å²) in [5.41, 5.74) is 5.34. The zero-order valence-corrected chi connectivity index (χ0v) is 11.5. The van der Waals surface area contributed by atoms with Crippen molar-refractivity contribution in [3.63, 3.8) is 0 Å². The number of pyridine rings is 1. The van der Waals surface area contributed by atoms with E-state index in [1.54, 1.807) is 30.6 Å². The Morgan fingerprint density at radius 2 is 1.84 bits per heavy atom. The lowest BCUT2D eigenvalue weighted by Gasteiger charge is -2.06. The third-order valence-corrected chi connectivity index (χ3v) is 3.09. The molecule has 0 saturated heterocycles. The molecule has 0 amide bonds. The second kappa shape index (κ2) is 5.61. The van der Waals surface area contributed by atoms with E-state index in [0.29, 0.717) is 5.56 Å². The van der Waals surface area contributed by atoms with Crippen LogP contribution in [0.1, 0.15) is 32.6 Å². The number of rotatable bonds is 3. The molecule has 1 aromatic heterocycles.